The zero-order chi connectivity index (χ0) is 11.7. The molecule has 3 nitrogen and oxygen atoms in total. The predicted molar refractivity (Wildman–Crippen MR) is 58.6 cm³/mol. The number of benzene rings is 1. The van der Waals surface area contributed by atoms with E-state index in [-0.39, 0.29) is 17.2 Å². The Balaban J connectivity index is 3.58. The van der Waals surface area contributed by atoms with Crippen molar-refractivity contribution in [3.05, 3.63) is 28.3 Å². The summed E-state index contributed by atoms with van der Waals surface area (Å²) >= 11 is 0. The number of phenolic OH excluding ortho intramolecular Hbond substituents is 1. The number of rotatable bonds is 2. The number of carboxylic acid groups (broad SMARTS) is 1. The lowest BCUT2D eigenvalue weighted by atomic mass is 9.90. The topological polar surface area (TPSA) is 57.5 Å². The van der Waals surface area contributed by atoms with Crippen LogP contribution in [0.4, 0.5) is 0 Å². The molecule has 3 heteroatoms. The fraction of sp³-hybridized carbons (Fsp3) is 0.417. The van der Waals surface area contributed by atoms with Gasteiger partial charge in [0.1, 0.15) is 5.75 Å². The summed E-state index contributed by atoms with van der Waals surface area (Å²) in [5.74, 6) is -0.656. The molecular formula is C12H16O3. The lowest BCUT2D eigenvalue weighted by molar-refractivity contribution is 0.0695. The van der Waals surface area contributed by atoms with Crippen molar-refractivity contribution in [2.75, 3.05) is 0 Å². The second kappa shape index (κ2) is 3.93. The lowest BCUT2D eigenvalue weighted by Crippen LogP contribution is -2.07. The van der Waals surface area contributed by atoms with Gasteiger partial charge in [0.2, 0.25) is 0 Å². The van der Waals surface area contributed by atoms with Crippen LogP contribution in [-0.4, -0.2) is 16.2 Å². The van der Waals surface area contributed by atoms with Crippen LogP contribution >= 0.6 is 0 Å². The molecule has 0 fully saturated rings. The molecule has 0 aliphatic heterocycles. The Hall–Kier alpha value is -1.51. The fourth-order valence-electron chi connectivity index (χ4n) is 1.91. The van der Waals surface area contributed by atoms with Crippen molar-refractivity contribution >= 4 is 5.97 Å². The van der Waals surface area contributed by atoms with Crippen molar-refractivity contribution in [3.8, 4) is 5.75 Å². The Labute approximate surface area is 89.4 Å². The molecule has 1 aromatic carbocycles. The van der Waals surface area contributed by atoms with Gasteiger partial charge in [-0.3, -0.25) is 0 Å². The quantitative estimate of drug-likeness (QED) is 0.785. The number of aromatic hydroxyl groups is 1. The van der Waals surface area contributed by atoms with Gasteiger partial charge in [0, 0.05) is 0 Å². The third-order valence-corrected chi connectivity index (χ3v) is 2.59. The van der Waals surface area contributed by atoms with E-state index in [1.165, 1.54) is 6.07 Å². The van der Waals surface area contributed by atoms with Gasteiger partial charge in [0.25, 0.3) is 0 Å². The van der Waals surface area contributed by atoms with E-state index >= 15 is 0 Å². The minimum Gasteiger partial charge on any atom is -0.507 e. The van der Waals surface area contributed by atoms with E-state index < -0.39 is 5.97 Å². The standard InChI is InChI=1S/C12H16O3/c1-6(2)10-8(4)11(13)7(3)5-9(10)12(14)15/h5-6,13H,1-4H3,(H,14,15). The molecule has 0 bridgehead atoms. The molecule has 0 aromatic heterocycles. The zero-order valence-corrected chi connectivity index (χ0v) is 9.46. The average Bonchev–Trinajstić information content (AvgIpc) is 2.12. The molecule has 0 radical (unpaired) electrons. The highest BCUT2D eigenvalue weighted by molar-refractivity contribution is 5.91. The fourth-order valence-corrected chi connectivity index (χ4v) is 1.91. The van der Waals surface area contributed by atoms with Crippen molar-refractivity contribution in [1.82, 2.24) is 0 Å². The van der Waals surface area contributed by atoms with Crippen molar-refractivity contribution < 1.29 is 15.0 Å². The van der Waals surface area contributed by atoms with Crippen LogP contribution in [-0.2, 0) is 0 Å². The maximum atomic E-state index is 11.1. The van der Waals surface area contributed by atoms with Gasteiger partial charge in [-0.15, -0.1) is 0 Å². The maximum absolute atomic E-state index is 11.1. The highest BCUT2D eigenvalue weighted by Gasteiger charge is 2.19. The third-order valence-electron chi connectivity index (χ3n) is 2.59. The van der Waals surface area contributed by atoms with Crippen LogP contribution in [0.5, 0.6) is 5.75 Å². The van der Waals surface area contributed by atoms with Crippen LogP contribution in [0.3, 0.4) is 0 Å². The van der Waals surface area contributed by atoms with Crippen LogP contribution in [0.1, 0.15) is 46.8 Å². The highest BCUT2D eigenvalue weighted by atomic mass is 16.4. The maximum Gasteiger partial charge on any atom is 0.335 e. The van der Waals surface area contributed by atoms with Crippen LogP contribution in [0, 0.1) is 13.8 Å². The van der Waals surface area contributed by atoms with E-state index in [4.69, 9.17) is 5.11 Å². The second-order valence-electron chi connectivity index (χ2n) is 4.09. The minimum atomic E-state index is -0.940. The van der Waals surface area contributed by atoms with Gasteiger partial charge < -0.3 is 10.2 Å². The molecule has 0 atom stereocenters. The zero-order valence-electron chi connectivity index (χ0n) is 9.46. The molecule has 1 aromatic rings. The van der Waals surface area contributed by atoms with Crippen molar-refractivity contribution in [2.45, 2.75) is 33.6 Å². The molecule has 0 saturated carbocycles. The van der Waals surface area contributed by atoms with Gasteiger partial charge in [-0.1, -0.05) is 13.8 Å². The summed E-state index contributed by atoms with van der Waals surface area (Å²) in [5, 5.41) is 18.8. The van der Waals surface area contributed by atoms with Crippen molar-refractivity contribution in [3.63, 3.8) is 0 Å². The molecule has 82 valence electrons. The van der Waals surface area contributed by atoms with Gasteiger partial charge in [-0.2, -0.15) is 0 Å². The summed E-state index contributed by atoms with van der Waals surface area (Å²) in [6.07, 6.45) is 0. The van der Waals surface area contributed by atoms with Gasteiger partial charge in [-0.05, 0) is 42.5 Å². The Kier molecular flexibility index (Phi) is 3.03. The Morgan fingerprint density at radius 2 is 1.87 bits per heavy atom. The number of aryl methyl sites for hydroxylation is 1. The number of carboxylic acids is 1. The minimum absolute atomic E-state index is 0.0857. The van der Waals surface area contributed by atoms with E-state index in [0.29, 0.717) is 16.7 Å². The predicted octanol–water partition coefficient (Wildman–Crippen LogP) is 2.83. The molecule has 0 unspecified atom stereocenters. The molecule has 1 rings (SSSR count). The molecule has 15 heavy (non-hydrogen) atoms. The highest BCUT2D eigenvalue weighted by Crippen LogP contribution is 2.32. The molecule has 0 heterocycles. The summed E-state index contributed by atoms with van der Waals surface area (Å²) in [5.41, 5.74) is 2.28. The number of aromatic carboxylic acids is 1. The average molecular weight is 208 g/mol. The summed E-state index contributed by atoms with van der Waals surface area (Å²) < 4.78 is 0. The number of phenols is 1. The molecule has 2 N–H and O–H groups in total. The summed E-state index contributed by atoms with van der Waals surface area (Å²) in [4.78, 5) is 11.1. The van der Waals surface area contributed by atoms with Crippen LogP contribution in [0.25, 0.3) is 0 Å². The van der Waals surface area contributed by atoms with E-state index in [1.54, 1.807) is 13.8 Å². The van der Waals surface area contributed by atoms with Crippen LogP contribution < -0.4 is 0 Å². The van der Waals surface area contributed by atoms with Gasteiger partial charge in [0.15, 0.2) is 0 Å². The summed E-state index contributed by atoms with van der Waals surface area (Å²) in [6, 6.07) is 1.53. The third kappa shape index (κ3) is 1.96. The lowest BCUT2D eigenvalue weighted by Gasteiger charge is -2.16. The normalized spacial score (nSPS) is 10.7. The van der Waals surface area contributed by atoms with Gasteiger partial charge >= 0.3 is 5.97 Å². The van der Waals surface area contributed by atoms with Crippen molar-refractivity contribution in [1.29, 1.82) is 0 Å². The number of carbonyl (C=O) groups is 1. The molecule has 0 aliphatic carbocycles. The Bertz CT molecular complexity index is 406. The van der Waals surface area contributed by atoms with Crippen LogP contribution in [0.2, 0.25) is 0 Å². The number of hydrogen-bond acceptors (Lipinski definition) is 2. The molecule has 0 aliphatic rings. The van der Waals surface area contributed by atoms with Crippen LogP contribution in [0.15, 0.2) is 6.07 Å². The Morgan fingerprint density at radius 1 is 1.33 bits per heavy atom. The first-order valence-corrected chi connectivity index (χ1v) is 4.92. The molecule has 0 saturated heterocycles. The SMILES string of the molecule is Cc1cc(C(=O)O)c(C(C)C)c(C)c1O. The summed E-state index contributed by atoms with van der Waals surface area (Å²) in [7, 11) is 0. The van der Waals surface area contributed by atoms with Gasteiger partial charge in [0.05, 0.1) is 5.56 Å². The molecule has 0 spiro atoms. The molecular weight excluding hydrogens is 192 g/mol. The first-order valence-electron chi connectivity index (χ1n) is 4.92. The first-order chi connectivity index (χ1) is 6.86. The van der Waals surface area contributed by atoms with E-state index in [0.717, 1.165) is 0 Å². The smallest absolute Gasteiger partial charge is 0.335 e. The van der Waals surface area contributed by atoms with E-state index in [9.17, 15) is 9.90 Å². The Morgan fingerprint density at radius 3 is 2.27 bits per heavy atom. The largest absolute Gasteiger partial charge is 0.507 e. The molecule has 0 amide bonds. The second-order valence-corrected chi connectivity index (χ2v) is 4.09. The van der Waals surface area contributed by atoms with Crippen molar-refractivity contribution in [2.24, 2.45) is 0 Å². The van der Waals surface area contributed by atoms with E-state index in [1.807, 2.05) is 13.8 Å². The number of hydrogen-bond donors (Lipinski definition) is 2. The summed E-state index contributed by atoms with van der Waals surface area (Å²) in [6.45, 7) is 7.30. The van der Waals surface area contributed by atoms with E-state index in [2.05, 4.69) is 0 Å². The van der Waals surface area contributed by atoms with Gasteiger partial charge in [-0.25, -0.2) is 4.79 Å². The monoisotopic (exact) mass is 208 g/mol. The first kappa shape index (κ1) is 11.6.